The zero-order valence-electron chi connectivity index (χ0n) is 8.46. The van der Waals surface area contributed by atoms with Crippen molar-refractivity contribution in [2.75, 3.05) is 0 Å². The second kappa shape index (κ2) is 4.22. The number of hydrogen-bond acceptors (Lipinski definition) is 2. The summed E-state index contributed by atoms with van der Waals surface area (Å²) >= 11 is 3.07. The Bertz CT molecular complexity index is 546. The molecule has 0 atom stereocenters. The standard InChI is InChI=1S/C12H8BrFO2/c1-7(15)11-4-5-12(16-11)8-2-3-9(13)10(14)6-8/h2-6H,1H3. The van der Waals surface area contributed by atoms with E-state index in [-0.39, 0.29) is 17.4 Å². The van der Waals surface area contributed by atoms with Gasteiger partial charge in [-0.05, 0) is 46.3 Å². The first-order chi connectivity index (χ1) is 7.58. The molecule has 16 heavy (non-hydrogen) atoms. The third kappa shape index (κ3) is 2.07. The van der Waals surface area contributed by atoms with Crippen molar-refractivity contribution in [3.8, 4) is 11.3 Å². The van der Waals surface area contributed by atoms with Crippen LogP contribution in [0.5, 0.6) is 0 Å². The van der Waals surface area contributed by atoms with Crippen LogP contribution in [0.1, 0.15) is 17.5 Å². The van der Waals surface area contributed by atoms with Gasteiger partial charge in [0.05, 0.1) is 4.47 Å². The van der Waals surface area contributed by atoms with Crippen molar-refractivity contribution in [2.45, 2.75) is 6.92 Å². The lowest BCUT2D eigenvalue weighted by Crippen LogP contribution is -1.86. The third-order valence-corrected chi connectivity index (χ3v) is 2.80. The second-order valence-electron chi connectivity index (χ2n) is 3.35. The van der Waals surface area contributed by atoms with Crippen LogP contribution in [0.15, 0.2) is 39.2 Å². The van der Waals surface area contributed by atoms with Crippen LogP contribution in [0, 0.1) is 5.82 Å². The molecule has 1 heterocycles. The summed E-state index contributed by atoms with van der Waals surface area (Å²) < 4.78 is 19.0. The predicted molar refractivity (Wildman–Crippen MR) is 61.8 cm³/mol. The SMILES string of the molecule is CC(=O)c1ccc(-c2ccc(Br)c(F)c2)o1. The van der Waals surface area contributed by atoms with Gasteiger partial charge >= 0.3 is 0 Å². The van der Waals surface area contributed by atoms with Gasteiger partial charge in [0, 0.05) is 12.5 Å². The average Bonchev–Trinajstić information content (AvgIpc) is 2.71. The second-order valence-corrected chi connectivity index (χ2v) is 4.20. The number of halogens is 2. The number of furan rings is 1. The molecular formula is C12H8BrFO2. The number of ketones is 1. The minimum atomic E-state index is -0.363. The van der Waals surface area contributed by atoms with E-state index in [4.69, 9.17) is 4.42 Å². The van der Waals surface area contributed by atoms with Gasteiger partial charge in [-0.15, -0.1) is 0 Å². The molecule has 0 radical (unpaired) electrons. The Morgan fingerprint density at radius 2 is 2.06 bits per heavy atom. The van der Waals surface area contributed by atoms with Crippen molar-refractivity contribution in [3.63, 3.8) is 0 Å². The molecule has 0 fully saturated rings. The Balaban J connectivity index is 2.42. The lowest BCUT2D eigenvalue weighted by Gasteiger charge is -1.98. The van der Waals surface area contributed by atoms with Gasteiger partial charge in [0.1, 0.15) is 11.6 Å². The fourth-order valence-electron chi connectivity index (χ4n) is 1.33. The quantitative estimate of drug-likeness (QED) is 0.778. The van der Waals surface area contributed by atoms with Gasteiger partial charge in [0.25, 0.3) is 0 Å². The van der Waals surface area contributed by atoms with Gasteiger partial charge in [0.15, 0.2) is 11.5 Å². The van der Waals surface area contributed by atoms with Crippen molar-refractivity contribution in [2.24, 2.45) is 0 Å². The summed E-state index contributed by atoms with van der Waals surface area (Å²) in [6, 6.07) is 7.90. The zero-order chi connectivity index (χ0) is 11.7. The Hall–Kier alpha value is -1.42. The van der Waals surface area contributed by atoms with Crippen LogP contribution >= 0.6 is 15.9 Å². The van der Waals surface area contributed by atoms with E-state index in [2.05, 4.69) is 15.9 Å². The summed E-state index contributed by atoms with van der Waals surface area (Å²) in [5.74, 6) is 0.247. The topological polar surface area (TPSA) is 30.2 Å². The molecule has 0 aliphatic rings. The van der Waals surface area contributed by atoms with Crippen LogP contribution in [0.3, 0.4) is 0 Å². The number of carbonyl (C=O) groups is 1. The van der Waals surface area contributed by atoms with E-state index in [9.17, 15) is 9.18 Å². The molecule has 0 saturated heterocycles. The molecule has 82 valence electrons. The highest BCUT2D eigenvalue weighted by atomic mass is 79.9. The van der Waals surface area contributed by atoms with Crippen LogP contribution in [0.2, 0.25) is 0 Å². The molecule has 4 heteroatoms. The minimum Gasteiger partial charge on any atom is -0.453 e. The number of benzene rings is 1. The van der Waals surface area contributed by atoms with E-state index >= 15 is 0 Å². The zero-order valence-corrected chi connectivity index (χ0v) is 10.0. The van der Waals surface area contributed by atoms with Crippen molar-refractivity contribution < 1.29 is 13.6 Å². The first-order valence-corrected chi connectivity index (χ1v) is 5.43. The molecule has 0 unspecified atom stereocenters. The van der Waals surface area contributed by atoms with Crippen LogP contribution in [-0.2, 0) is 0 Å². The number of Topliss-reactive ketones (excluding diaryl/α,β-unsaturated/α-hetero) is 1. The Kier molecular flexibility index (Phi) is 2.92. The van der Waals surface area contributed by atoms with E-state index in [1.807, 2.05) is 0 Å². The molecule has 2 aromatic rings. The normalized spacial score (nSPS) is 10.4. The third-order valence-electron chi connectivity index (χ3n) is 2.16. The fraction of sp³-hybridized carbons (Fsp3) is 0.0833. The van der Waals surface area contributed by atoms with Gasteiger partial charge in [-0.3, -0.25) is 4.79 Å². The van der Waals surface area contributed by atoms with Gasteiger partial charge < -0.3 is 4.42 Å². The molecule has 0 amide bonds. The summed E-state index contributed by atoms with van der Waals surface area (Å²) in [5, 5.41) is 0. The molecule has 0 aliphatic carbocycles. The molecule has 1 aromatic carbocycles. The Labute approximate surface area is 100 Å². The van der Waals surface area contributed by atoms with Crippen molar-refractivity contribution >= 4 is 21.7 Å². The Morgan fingerprint density at radius 3 is 2.62 bits per heavy atom. The fourth-order valence-corrected chi connectivity index (χ4v) is 1.58. The molecule has 0 saturated carbocycles. The van der Waals surface area contributed by atoms with E-state index in [0.29, 0.717) is 15.8 Å². The maximum absolute atomic E-state index is 13.3. The summed E-state index contributed by atoms with van der Waals surface area (Å²) in [5.41, 5.74) is 0.605. The van der Waals surface area contributed by atoms with Gasteiger partial charge in [-0.1, -0.05) is 0 Å². The lowest BCUT2D eigenvalue weighted by atomic mass is 10.2. The smallest absolute Gasteiger partial charge is 0.194 e. The Morgan fingerprint density at radius 1 is 1.31 bits per heavy atom. The van der Waals surface area contributed by atoms with Crippen LogP contribution < -0.4 is 0 Å². The first-order valence-electron chi connectivity index (χ1n) is 4.64. The molecule has 0 spiro atoms. The highest BCUT2D eigenvalue weighted by Gasteiger charge is 2.09. The number of hydrogen-bond donors (Lipinski definition) is 0. The van der Waals surface area contributed by atoms with E-state index in [1.165, 1.54) is 13.0 Å². The van der Waals surface area contributed by atoms with Crippen molar-refractivity contribution in [1.29, 1.82) is 0 Å². The molecule has 2 rings (SSSR count). The molecule has 2 nitrogen and oxygen atoms in total. The highest BCUT2D eigenvalue weighted by Crippen LogP contribution is 2.26. The van der Waals surface area contributed by atoms with Crippen LogP contribution in [0.4, 0.5) is 4.39 Å². The summed E-state index contributed by atoms with van der Waals surface area (Å²) in [7, 11) is 0. The maximum atomic E-state index is 13.3. The van der Waals surface area contributed by atoms with Gasteiger partial charge in [-0.25, -0.2) is 4.39 Å². The molecular weight excluding hydrogens is 275 g/mol. The first kappa shape index (κ1) is 11.1. The van der Waals surface area contributed by atoms with E-state index < -0.39 is 0 Å². The predicted octanol–water partition coefficient (Wildman–Crippen LogP) is 4.05. The maximum Gasteiger partial charge on any atom is 0.194 e. The van der Waals surface area contributed by atoms with E-state index in [1.54, 1.807) is 24.3 Å². The average molecular weight is 283 g/mol. The summed E-state index contributed by atoms with van der Waals surface area (Å²) in [6.07, 6.45) is 0. The number of rotatable bonds is 2. The van der Waals surface area contributed by atoms with Gasteiger partial charge in [0.2, 0.25) is 0 Å². The molecule has 0 bridgehead atoms. The summed E-state index contributed by atoms with van der Waals surface area (Å²) in [6.45, 7) is 1.42. The minimum absolute atomic E-state index is 0.149. The van der Waals surface area contributed by atoms with Gasteiger partial charge in [-0.2, -0.15) is 0 Å². The highest BCUT2D eigenvalue weighted by molar-refractivity contribution is 9.10. The number of carbonyl (C=O) groups excluding carboxylic acids is 1. The molecule has 0 aliphatic heterocycles. The lowest BCUT2D eigenvalue weighted by molar-refractivity contribution is 0.0988. The van der Waals surface area contributed by atoms with Crippen LogP contribution in [-0.4, -0.2) is 5.78 Å². The summed E-state index contributed by atoms with van der Waals surface area (Å²) in [4.78, 5) is 11.0. The van der Waals surface area contributed by atoms with E-state index in [0.717, 1.165) is 0 Å². The molecule has 0 N–H and O–H groups in total. The monoisotopic (exact) mass is 282 g/mol. The largest absolute Gasteiger partial charge is 0.453 e. The van der Waals surface area contributed by atoms with Crippen LogP contribution in [0.25, 0.3) is 11.3 Å². The van der Waals surface area contributed by atoms with Crippen molar-refractivity contribution in [3.05, 3.63) is 46.4 Å². The molecule has 1 aromatic heterocycles. The van der Waals surface area contributed by atoms with Crippen molar-refractivity contribution in [1.82, 2.24) is 0 Å².